The lowest BCUT2D eigenvalue weighted by Crippen LogP contribution is -2.36. The summed E-state index contributed by atoms with van der Waals surface area (Å²) >= 11 is 0. The van der Waals surface area contributed by atoms with Gasteiger partial charge in [0.1, 0.15) is 6.10 Å². The normalized spacial score (nSPS) is 29.6. The maximum Gasteiger partial charge on any atom is 0.407 e. The monoisotopic (exact) mass is 554 g/mol. The van der Waals surface area contributed by atoms with Crippen molar-refractivity contribution in [2.24, 2.45) is 34.8 Å². The number of unbranched alkanes of at least 4 members (excludes halogenated alkanes) is 5. The van der Waals surface area contributed by atoms with Crippen molar-refractivity contribution in [1.29, 1.82) is 0 Å². The van der Waals surface area contributed by atoms with Crippen molar-refractivity contribution in [3.63, 3.8) is 0 Å². The highest BCUT2D eigenvalue weighted by molar-refractivity contribution is 5.67. The second-order valence-corrected chi connectivity index (χ2v) is 14.0. The average Bonchev–Trinajstić information content (AvgIpc) is 3.28. The SMILES string of the molecule is C=C1CCC(OC(=O)NCCCCCCCCN)CC1=CC=C1CCCC2(C)C1CCC2C(C)CCCC(C)C. The summed E-state index contributed by atoms with van der Waals surface area (Å²) in [6.07, 6.45) is 24.8. The number of alkyl carbamates (subject to hydrolysis) is 1. The molecule has 3 N–H and O–H groups in total. The number of nitrogens with one attached hydrogen (secondary N) is 1. The van der Waals surface area contributed by atoms with E-state index in [1.54, 1.807) is 5.57 Å². The molecule has 0 aromatic carbocycles. The van der Waals surface area contributed by atoms with Crippen LogP contribution in [-0.4, -0.2) is 25.3 Å². The number of carbonyl (C=O) groups is 1. The molecule has 3 aliphatic rings. The molecule has 0 heterocycles. The summed E-state index contributed by atoms with van der Waals surface area (Å²) < 4.78 is 5.83. The second-order valence-electron chi connectivity index (χ2n) is 14.0. The van der Waals surface area contributed by atoms with Crippen LogP contribution < -0.4 is 11.1 Å². The molecule has 0 aromatic rings. The van der Waals surface area contributed by atoms with Gasteiger partial charge in [0.25, 0.3) is 0 Å². The first-order valence-electron chi connectivity index (χ1n) is 17.0. The molecule has 0 spiro atoms. The zero-order valence-electron chi connectivity index (χ0n) is 26.6. The molecule has 3 aliphatic carbocycles. The van der Waals surface area contributed by atoms with Crippen LogP contribution in [0, 0.1) is 29.1 Å². The highest BCUT2D eigenvalue weighted by Crippen LogP contribution is 2.60. The number of ether oxygens (including phenoxy) is 1. The highest BCUT2D eigenvalue weighted by Gasteiger charge is 2.50. The smallest absolute Gasteiger partial charge is 0.407 e. The lowest BCUT2D eigenvalue weighted by Gasteiger charge is -2.44. The van der Waals surface area contributed by atoms with Crippen LogP contribution in [0.2, 0.25) is 0 Å². The molecule has 4 heteroatoms. The molecule has 1 amide bonds. The largest absolute Gasteiger partial charge is 0.446 e. The van der Waals surface area contributed by atoms with E-state index >= 15 is 0 Å². The lowest BCUT2D eigenvalue weighted by molar-refractivity contribution is 0.0892. The van der Waals surface area contributed by atoms with E-state index in [-0.39, 0.29) is 12.2 Å². The van der Waals surface area contributed by atoms with Gasteiger partial charge in [0, 0.05) is 13.0 Å². The summed E-state index contributed by atoms with van der Waals surface area (Å²) in [4.78, 5) is 12.4. The van der Waals surface area contributed by atoms with Gasteiger partial charge in [0.2, 0.25) is 0 Å². The summed E-state index contributed by atoms with van der Waals surface area (Å²) in [5, 5.41) is 2.97. The van der Waals surface area contributed by atoms with Gasteiger partial charge in [-0.2, -0.15) is 0 Å². The van der Waals surface area contributed by atoms with E-state index < -0.39 is 0 Å². The number of carbonyl (C=O) groups excluding carboxylic acids is 1. The third-order valence-electron chi connectivity index (χ3n) is 10.5. The van der Waals surface area contributed by atoms with Gasteiger partial charge >= 0.3 is 6.09 Å². The van der Waals surface area contributed by atoms with Crippen LogP contribution in [0.15, 0.2) is 35.5 Å². The Morgan fingerprint density at radius 3 is 2.52 bits per heavy atom. The fraction of sp³-hybridized carbons (Fsp3) is 0.806. The first kappa shape index (κ1) is 33.0. The van der Waals surface area contributed by atoms with E-state index in [4.69, 9.17) is 10.5 Å². The van der Waals surface area contributed by atoms with Gasteiger partial charge < -0.3 is 15.8 Å². The topological polar surface area (TPSA) is 64.3 Å². The van der Waals surface area contributed by atoms with Crippen LogP contribution in [0.4, 0.5) is 4.79 Å². The van der Waals surface area contributed by atoms with Gasteiger partial charge in [-0.1, -0.05) is 103 Å². The van der Waals surface area contributed by atoms with Crippen molar-refractivity contribution >= 4 is 6.09 Å². The van der Waals surface area contributed by atoms with Gasteiger partial charge in [0.05, 0.1) is 0 Å². The van der Waals surface area contributed by atoms with Gasteiger partial charge in [-0.25, -0.2) is 4.79 Å². The van der Waals surface area contributed by atoms with Gasteiger partial charge in [-0.05, 0) is 99.0 Å². The molecular weight excluding hydrogens is 492 g/mol. The number of amides is 1. The maximum absolute atomic E-state index is 12.4. The van der Waals surface area contributed by atoms with Gasteiger partial charge in [-0.3, -0.25) is 0 Å². The molecule has 0 saturated heterocycles. The van der Waals surface area contributed by atoms with E-state index in [0.29, 0.717) is 12.0 Å². The summed E-state index contributed by atoms with van der Waals surface area (Å²) in [5.41, 5.74) is 10.2. The zero-order valence-corrected chi connectivity index (χ0v) is 26.6. The van der Waals surface area contributed by atoms with Crippen molar-refractivity contribution in [1.82, 2.24) is 5.32 Å². The summed E-state index contributed by atoms with van der Waals surface area (Å²) in [7, 11) is 0. The number of hydrogen-bond donors (Lipinski definition) is 2. The van der Waals surface area contributed by atoms with Gasteiger partial charge in [-0.15, -0.1) is 0 Å². The molecule has 5 atom stereocenters. The summed E-state index contributed by atoms with van der Waals surface area (Å²) in [5.74, 6) is 3.23. The molecule has 3 saturated carbocycles. The van der Waals surface area contributed by atoms with Crippen LogP contribution >= 0.6 is 0 Å². The van der Waals surface area contributed by atoms with E-state index in [1.165, 1.54) is 81.8 Å². The predicted octanol–water partition coefficient (Wildman–Crippen LogP) is 9.65. The number of hydrogen-bond acceptors (Lipinski definition) is 3. The molecule has 3 rings (SSSR count). The van der Waals surface area contributed by atoms with E-state index in [9.17, 15) is 4.79 Å². The van der Waals surface area contributed by atoms with Crippen molar-refractivity contribution in [3.8, 4) is 0 Å². The molecular formula is C36H62N2O2. The highest BCUT2D eigenvalue weighted by atomic mass is 16.6. The molecule has 228 valence electrons. The van der Waals surface area contributed by atoms with Crippen LogP contribution in [0.3, 0.4) is 0 Å². The van der Waals surface area contributed by atoms with Crippen molar-refractivity contribution < 1.29 is 9.53 Å². The Balaban J connectivity index is 1.49. The molecule has 0 aliphatic heterocycles. The molecule has 40 heavy (non-hydrogen) atoms. The third kappa shape index (κ3) is 9.78. The maximum atomic E-state index is 12.4. The van der Waals surface area contributed by atoms with Crippen molar-refractivity contribution in [2.75, 3.05) is 13.1 Å². The molecule has 3 fully saturated rings. The second kappa shape index (κ2) is 16.8. The molecule has 0 aromatic heterocycles. The molecule has 4 nitrogen and oxygen atoms in total. The lowest BCUT2D eigenvalue weighted by atomic mass is 9.60. The Labute approximate surface area is 247 Å². The Morgan fingerprint density at radius 2 is 1.77 bits per heavy atom. The minimum Gasteiger partial charge on any atom is -0.446 e. The quantitative estimate of drug-likeness (QED) is 0.198. The summed E-state index contributed by atoms with van der Waals surface area (Å²) in [6, 6.07) is 0. The Kier molecular flexibility index (Phi) is 13.8. The fourth-order valence-corrected chi connectivity index (χ4v) is 8.11. The van der Waals surface area contributed by atoms with E-state index in [1.807, 2.05) is 0 Å². The number of nitrogens with two attached hydrogens (primary N) is 1. The number of allylic oxidation sites excluding steroid dienone is 4. The Hall–Kier alpha value is -1.55. The van der Waals surface area contributed by atoms with Crippen LogP contribution in [0.5, 0.6) is 0 Å². The number of fused-ring (bicyclic) bond motifs is 1. The minimum absolute atomic E-state index is 0.0504. The predicted molar refractivity (Wildman–Crippen MR) is 170 cm³/mol. The van der Waals surface area contributed by atoms with E-state index in [2.05, 4.69) is 51.7 Å². The average molecular weight is 555 g/mol. The first-order chi connectivity index (χ1) is 19.2. The van der Waals surface area contributed by atoms with Crippen LogP contribution in [-0.2, 0) is 4.74 Å². The standard InChI is InChI=1S/C36H62N2O2/c1-27(2)14-12-15-29(4)33-21-22-34-30(16-13-23-36(33,34)5)18-19-31-26-32(20-17-28(31)3)40-35(39)38-25-11-9-7-6-8-10-24-37/h18-19,27,29,32-34H,3,6-17,20-26,37H2,1-2,4-5H3,(H,38,39). The molecule has 0 bridgehead atoms. The summed E-state index contributed by atoms with van der Waals surface area (Å²) in [6.45, 7) is 15.7. The fourth-order valence-electron chi connectivity index (χ4n) is 8.11. The van der Waals surface area contributed by atoms with Crippen LogP contribution in [0.1, 0.15) is 137 Å². The molecule has 5 unspecified atom stereocenters. The van der Waals surface area contributed by atoms with Crippen molar-refractivity contribution in [3.05, 3.63) is 35.5 Å². The molecule has 0 radical (unpaired) electrons. The first-order valence-corrected chi connectivity index (χ1v) is 17.0. The zero-order chi connectivity index (χ0) is 29.0. The van der Waals surface area contributed by atoms with Crippen LogP contribution in [0.25, 0.3) is 0 Å². The van der Waals surface area contributed by atoms with Crippen molar-refractivity contribution in [2.45, 2.75) is 143 Å². The van der Waals surface area contributed by atoms with Gasteiger partial charge in [0.15, 0.2) is 0 Å². The van der Waals surface area contributed by atoms with E-state index in [0.717, 1.165) is 68.7 Å². The number of rotatable bonds is 15. The Bertz CT molecular complexity index is 859. The minimum atomic E-state index is -0.263. The Morgan fingerprint density at radius 1 is 1.02 bits per heavy atom. The third-order valence-corrected chi connectivity index (χ3v) is 10.5.